The van der Waals surface area contributed by atoms with Crippen LogP contribution in [-0.2, 0) is 9.53 Å². The highest BCUT2D eigenvalue weighted by molar-refractivity contribution is 6.22. The largest absolute Gasteiger partial charge is 0.508 e. The summed E-state index contributed by atoms with van der Waals surface area (Å²) < 4.78 is 10.4. The Morgan fingerprint density at radius 1 is 1.00 bits per heavy atom. The third-order valence-corrected chi connectivity index (χ3v) is 3.61. The summed E-state index contributed by atoms with van der Waals surface area (Å²) in [6, 6.07) is 10.6. The van der Waals surface area contributed by atoms with E-state index in [1.54, 1.807) is 25.1 Å². The molecule has 0 unspecified atom stereocenters. The van der Waals surface area contributed by atoms with Crippen molar-refractivity contribution in [1.82, 2.24) is 4.90 Å². The molecule has 0 bridgehead atoms. The van der Waals surface area contributed by atoms with Gasteiger partial charge < -0.3 is 14.6 Å². The van der Waals surface area contributed by atoms with E-state index in [9.17, 15) is 19.5 Å². The Kier molecular flexibility index (Phi) is 4.38. The van der Waals surface area contributed by atoms with Crippen LogP contribution in [0, 0.1) is 0 Å². The normalized spacial score (nSPS) is 12.9. The molecule has 7 heteroatoms. The zero-order chi connectivity index (χ0) is 18.0. The van der Waals surface area contributed by atoms with Crippen molar-refractivity contribution in [3.8, 4) is 17.2 Å². The summed E-state index contributed by atoms with van der Waals surface area (Å²) in [5.74, 6) is -0.802. The van der Waals surface area contributed by atoms with Gasteiger partial charge in [0.1, 0.15) is 23.8 Å². The SMILES string of the molecule is CCOC(=O)CN1C(=O)c2ccc(Oc3ccc(O)cc3)cc2C1=O. The van der Waals surface area contributed by atoms with Gasteiger partial charge in [0, 0.05) is 0 Å². The second kappa shape index (κ2) is 6.64. The van der Waals surface area contributed by atoms with Crippen LogP contribution in [0.25, 0.3) is 0 Å². The highest BCUT2D eigenvalue weighted by Crippen LogP contribution is 2.30. The summed E-state index contributed by atoms with van der Waals surface area (Å²) in [4.78, 5) is 37.1. The molecular weight excluding hydrogens is 326 g/mol. The Morgan fingerprint density at radius 3 is 2.32 bits per heavy atom. The van der Waals surface area contributed by atoms with Crippen LogP contribution in [0.15, 0.2) is 42.5 Å². The molecule has 2 aromatic carbocycles. The number of esters is 1. The van der Waals surface area contributed by atoms with Crippen molar-refractivity contribution in [2.75, 3.05) is 13.2 Å². The van der Waals surface area contributed by atoms with E-state index in [-0.39, 0.29) is 23.5 Å². The van der Waals surface area contributed by atoms with Crippen molar-refractivity contribution in [2.45, 2.75) is 6.92 Å². The molecule has 2 aromatic rings. The number of carbonyl (C=O) groups is 3. The first kappa shape index (κ1) is 16.5. The number of hydrogen-bond acceptors (Lipinski definition) is 6. The molecule has 1 heterocycles. The van der Waals surface area contributed by atoms with Crippen LogP contribution in [0.4, 0.5) is 0 Å². The topological polar surface area (TPSA) is 93.1 Å². The standard InChI is InChI=1S/C18H15NO6/c1-2-24-16(21)10-19-17(22)14-8-7-13(9-15(14)18(19)23)25-12-5-3-11(20)4-6-12/h3-9,20H,2,10H2,1H3. The lowest BCUT2D eigenvalue weighted by molar-refractivity contribution is -0.143. The maximum atomic E-state index is 12.4. The molecule has 0 aromatic heterocycles. The monoisotopic (exact) mass is 341 g/mol. The molecule has 25 heavy (non-hydrogen) atoms. The van der Waals surface area contributed by atoms with Crippen LogP contribution in [0.3, 0.4) is 0 Å². The fourth-order valence-electron chi connectivity index (χ4n) is 2.46. The lowest BCUT2D eigenvalue weighted by atomic mass is 10.1. The first-order valence-corrected chi connectivity index (χ1v) is 7.62. The minimum absolute atomic E-state index is 0.108. The third kappa shape index (κ3) is 3.30. The minimum Gasteiger partial charge on any atom is -0.508 e. The molecular formula is C18H15NO6. The van der Waals surface area contributed by atoms with E-state index in [1.807, 2.05) is 0 Å². The van der Waals surface area contributed by atoms with Gasteiger partial charge in [-0.05, 0) is 49.4 Å². The summed E-state index contributed by atoms with van der Waals surface area (Å²) in [6.45, 7) is 1.40. The molecule has 0 radical (unpaired) electrons. The van der Waals surface area contributed by atoms with E-state index in [0.29, 0.717) is 11.5 Å². The van der Waals surface area contributed by atoms with Crippen LogP contribution in [0.1, 0.15) is 27.6 Å². The number of fused-ring (bicyclic) bond motifs is 1. The molecule has 128 valence electrons. The molecule has 0 saturated carbocycles. The number of carbonyl (C=O) groups excluding carboxylic acids is 3. The smallest absolute Gasteiger partial charge is 0.326 e. The van der Waals surface area contributed by atoms with Crippen molar-refractivity contribution in [2.24, 2.45) is 0 Å². The molecule has 0 fully saturated rings. The summed E-state index contributed by atoms with van der Waals surface area (Å²) in [6.07, 6.45) is 0. The first-order chi connectivity index (χ1) is 12.0. The van der Waals surface area contributed by atoms with E-state index in [0.717, 1.165) is 4.90 Å². The summed E-state index contributed by atoms with van der Waals surface area (Å²) in [7, 11) is 0. The molecule has 1 aliphatic rings. The van der Waals surface area contributed by atoms with Crippen molar-refractivity contribution in [3.05, 3.63) is 53.6 Å². The number of hydrogen-bond donors (Lipinski definition) is 1. The number of ether oxygens (including phenoxy) is 2. The van der Waals surface area contributed by atoms with Crippen LogP contribution >= 0.6 is 0 Å². The summed E-state index contributed by atoms with van der Waals surface area (Å²) >= 11 is 0. The lowest BCUT2D eigenvalue weighted by Crippen LogP contribution is -2.35. The third-order valence-electron chi connectivity index (χ3n) is 3.61. The fraction of sp³-hybridized carbons (Fsp3) is 0.167. The minimum atomic E-state index is -0.641. The number of nitrogens with zero attached hydrogens (tertiary/aromatic N) is 1. The molecule has 0 saturated heterocycles. The second-order valence-electron chi connectivity index (χ2n) is 5.30. The predicted molar refractivity (Wildman–Crippen MR) is 86.6 cm³/mol. The average molecular weight is 341 g/mol. The Labute approximate surface area is 143 Å². The van der Waals surface area contributed by atoms with Gasteiger partial charge in [-0.3, -0.25) is 19.3 Å². The number of rotatable bonds is 5. The van der Waals surface area contributed by atoms with Crippen molar-refractivity contribution >= 4 is 17.8 Å². The van der Waals surface area contributed by atoms with Gasteiger partial charge >= 0.3 is 5.97 Å². The van der Waals surface area contributed by atoms with Gasteiger partial charge in [-0.2, -0.15) is 0 Å². The highest BCUT2D eigenvalue weighted by Gasteiger charge is 2.37. The molecule has 7 nitrogen and oxygen atoms in total. The summed E-state index contributed by atoms with van der Waals surface area (Å²) in [5.41, 5.74) is 0.387. The molecule has 1 aliphatic heterocycles. The fourth-order valence-corrected chi connectivity index (χ4v) is 2.46. The molecule has 1 N–H and O–H groups in total. The molecule has 0 aliphatic carbocycles. The number of benzene rings is 2. The van der Waals surface area contributed by atoms with Crippen LogP contribution < -0.4 is 4.74 Å². The second-order valence-corrected chi connectivity index (χ2v) is 5.30. The van der Waals surface area contributed by atoms with E-state index in [2.05, 4.69) is 0 Å². The Morgan fingerprint density at radius 2 is 1.64 bits per heavy atom. The van der Waals surface area contributed by atoms with Gasteiger partial charge in [0.15, 0.2) is 0 Å². The Hall–Kier alpha value is -3.35. The Balaban J connectivity index is 1.81. The maximum Gasteiger partial charge on any atom is 0.326 e. The average Bonchev–Trinajstić information content (AvgIpc) is 2.82. The molecule has 3 rings (SSSR count). The summed E-state index contributed by atoms with van der Waals surface area (Å²) in [5, 5.41) is 9.27. The first-order valence-electron chi connectivity index (χ1n) is 7.62. The van der Waals surface area contributed by atoms with E-state index < -0.39 is 24.3 Å². The molecule has 0 atom stereocenters. The predicted octanol–water partition coefficient (Wildman–Crippen LogP) is 2.34. The van der Waals surface area contributed by atoms with Crippen LogP contribution in [-0.4, -0.2) is 40.9 Å². The van der Waals surface area contributed by atoms with Crippen molar-refractivity contribution in [3.63, 3.8) is 0 Å². The Bertz CT molecular complexity index is 843. The van der Waals surface area contributed by atoms with E-state index >= 15 is 0 Å². The van der Waals surface area contributed by atoms with Gasteiger partial charge in [-0.1, -0.05) is 0 Å². The van der Waals surface area contributed by atoms with E-state index in [1.165, 1.54) is 24.3 Å². The quantitative estimate of drug-likeness (QED) is 0.663. The zero-order valence-corrected chi connectivity index (χ0v) is 13.4. The van der Waals surface area contributed by atoms with Gasteiger partial charge in [-0.15, -0.1) is 0 Å². The highest BCUT2D eigenvalue weighted by atomic mass is 16.5. The molecule has 0 spiro atoms. The number of imide groups is 1. The van der Waals surface area contributed by atoms with Gasteiger partial charge in [0.05, 0.1) is 17.7 Å². The number of aromatic hydroxyl groups is 1. The van der Waals surface area contributed by atoms with Gasteiger partial charge in [0.2, 0.25) is 0 Å². The van der Waals surface area contributed by atoms with Gasteiger partial charge in [0.25, 0.3) is 11.8 Å². The van der Waals surface area contributed by atoms with Crippen LogP contribution in [0.2, 0.25) is 0 Å². The molecule has 2 amide bonds. The maximum absolute atomic E-state index is 12.4. The van der Waals surface area contributed by atoms with Crippen molar-refractivity contribution < 1.29 is 29.0 Å². The zero-order valence-electron chi connectivity index (χ0n) is 13.4. The number of phenolic OH excluding ortho intramolecular Hbond substituents is 1. The number of phenols is 1. The van der Waals surface area contributed by atoms with Gasteiger partial charge in [-0.25, -0.2) is 0 Å². The lowest BCUT2D eigenvalue weighted by Gasteiger charge is -2.12. The van der Waals surface area contributed by atoms with E-state index in [4.69, 9.17) is 9.47 Å². The van der Waals surface area contributed by atoms with Crippen LogP contribution in [0.5, 0.6) is 17.2 Å². The van der Waals surface area contributed by atoms with Crippen molar-refractivity contribution in [1.29, 1.82) is 0 Å². The number of amides is 2.